The van der Waals surface area contributed by atoms with Crippen LogP contribution in [-0.4, -0.2) is 17.0 Å². The van der Waals surface area contributed by atoms with Gasteiger partial charge in [-0.05, 0) is 12.8 Å². The first-order valence-corrected chi connectivity index (χ1v) is 4.40. The molecule has 2 heterocycles. The van der Waals surface area contributed by atoms with Crippen LogP contribution in [0.2, 0.25) is 0 Å². The monoisotopic (exact) mass is 188 g/mol. The van der Waals surface area contributed by atoms with Gasteiger partial charge in [-0.1, -0.05) is 28.1 Å². The summed E-state index contributed by atoms with van der Waals surface area (Å²) in [4.78, 5) is 0. The topological polar surface area (TPSA) is 9.23 Å². The number of rotatable bonds is 1. The fourth-order valence-electron chi connectivity index (χ4n) is 1.49. The van der Waals surface area contributed by atoms with E-state index >= 15 is 0 Å². The van der Waals surface area contributed by atoms with Gasteiger partial charge in [0.25, 0.3) is 0 Å². The second-order valence-electron chi connectivity index (χ2n) is 2.75. The summed E-state index contributed by atoms with van der Waals surface area (Å²) in [7, 11) is 0. The van der Waals surface area contributed by atoms with E-state index in [1.807, 2.05) is 0 Å². The Morgan fingerprint density at radius 2 is 2.67 bits per heavy atom. The number of hydrogen-bond acceptors (Lipinski definition) is 1. The lowest BCUT2D eigenvalue weighted by molar-refractivity contribution is 0.0511. The average molecular weight is 189 g/mol. The number of hydrogen-bond donors (Lipinski definition) is 0. The third-order valence-electron chi connectivity index (χ3n) is 2.08. The molecule has 0 saturated carbocycles. The molecule has 2 rings (SSSR count). The van der Waals surface area contributed by atoms with Gasteiger partial charge in [-0.3, -0.25) is 0 Å². The zero-order valence-corrected chi connectivity index (χ0v) is 6.73. The molecule has 0 N–H and O–H groups in total. The van der Waals surface area contributed by atoms with E-state index in [0.717, 1.165) is 5.33 Å². The fraction of sp³-hybridized carbons (Fsp3) is 0.714. The van der Waals surface area contributed by atoms with Gasteiger partial charge in [0.15, 0.2) is 0 Å². The SMILES string of the molecule is BrCC12C=CC(CC1)O2. The quantitative estimate of drug-likeness (QED) is 0.452. The molecule has 9 heavy (non-hydrogen) atoms. The van der Waals surface area contributed by atoms with Gasteiger partial charge in [0.1, 0.15) is 0 Å². The molecule has 0 amide bonds. The van der Waals surface area contributed by atoms with Gasteiger partial charge in [0.2, 0.25) is 0 Å². The normalized spacial score (nSPS) is 46.6. The maximum atomic E-state index is 5.65. The molecule has 2 unspecified atom stereocenters. The van der Waals surface area contributed by atoms with Gasteiger partial charge in [-0.25, -0.2) is 0 Å². The van der Waals surface area contributed by atoms with Gasteiger partial charge in [0, 0.05) is 5.33 Å². The molecule has 2 bridgehead atoms. The summed E-state index contributed by atoms with van der Waals surface area (Å²) in [5.74, 6) is 0. The molecule has 0 aromatic carbocycles. The molecule has 0 aromatic rings. The van der Waals surface area contributed by atoms with E-state index in [9.17, 15) is 0 Å². The Hall–Kier alpha value is 0.180. The largest absolute Gasteiger partial charge is 0.363 e. The molecule has 2 atom stereocenters. The molecule has 0 aliphatic carbocycles. The summed E-state index contributed by atoms with van der Waals surface area (Å²) in [6.45, 7) is 0. The molecule has 2 aliphatic heterocycles. The van der Waals surface area contributed by atoms with Gasteiger partial charge >= 0.3 is 0 Å². The van der Waals surface area contributed by atoms with Crippen LogP contribution in [0.4, 0.5) is 0 Å². The van der Waals surface area contributed by atoms with Gasteiger partial charge in [-0.15, -0.1) is 0 Å². The Balaban J connectivity index is 2.23. The zero-order valence-electron chi connectivity index (χ0n) is 5.14. The van der Waals surface area contributed by atoms with Crippen molar-refractivity contribution in [3.8, 4) is 0 Å². The lowest BCUT2D eigenvalue weighted by atomic mass is 9.97. The van der Waals surface area contributed by atoms with Crippen molar-refractivity contribution in [2.24, 2.45) is 0 Å². The summed E-state index contributed by atoms with van der Waals surface area (Å²) in [6.07, 6.45) is 7.20. The van der Waals surface area contributed by atoms with Crippen molar-refractivity contribution in [3.63, 3.8) is 0 Å². The molecule has 0 spiro atoms. The molecule has 1 fully saturated rings. The summed E-state index contributed by atoms with van der Waals surface area (Å²) >= 11 is 3.44. The molecular formula is C7H9BrO. The maximum absolute atomic E-state index is 5.65. The average Bonchev–Trinajstić information content (AvgIpc) is 2.46. The smallest absolute Gasteiger partial charge is 0.0968 e. The van der Waals surface area contributed by atoms with E-state index in [-0.39, 0.29) is 5.60 Å². The van der Waals surface area contributed by atoms with Crippen LogP contribution in [0.25, 0.3) is 0 Å². The van der Waals surface area contributed by atoms with E-state index < -0.39 is 0 Å². The van der Waals surface area contributed by atoms with E-state index in [1.54, 1.807) is 0 Å². The molecule has 0 radical (unpaired) electrons. The summed E-state index contributed by atoms with van der Waals surface area (Å²) < 4.78 is 5.65. The second-order valence-corrected chi connectivity index (χ2v) is 3.31. The number of alkyl halides is 1. The third-order valence-corrected chi connectivity index (χ3v) is 3.03. The Kier molecular flexibility index (Phi) is 1.21. The highest BCUT2D eigenvalue weighted by Gasteiger charge is 2.40. The van der Waals surface area contributed by atoms with Gasteiger partial charge in [0.05, 0.1) is 11.7 Å². The Labute approximate surface area is 63.2 Å². The minimum absolute atomic E-state index is 0.0880. The highest BCUT2D eigenvalue weighted by Crippen LogP contribution is 2.38. The summed E-state index contributed by atoms with van der Waals surface area (Å²) in [5.41, 5.74) is 0.0880. The second kappa shape index (κ2) is 1.83. The Morgan fingerprint density at radius 1 is 1.78 bits per heavy atom. The van der Waals surface area contributed by atoms with Crippen LogP contribution in [0.1, 0.15) is 12.8 Å². The van der Waals surface area contributed by atoms with Crippen molar-refractivity contribution in [1.82, 2.24) is 0 Å². The first-order chi connectivity index (χ1) is 4.35. The highest BCUT2D eigenvalue weighted by atomic mass is 79.9. The minimum Gasteiger partial charge on any atom is -0.363 e. The van der Waals surface area contributed by atoms with Crippen molar-refractivity contribution in [2.45, 2.75) is 24.5 Å². The standard InChI is InChI=1S/C7H9BrO/c8-5-7-3-1-6(9-7)2-4-7/h1,3,6H,2,4-5H2. The summed E-state index contributed by atoms with van der Waals surface area (Å²) in [5, 5.41) is 0.951. The minimum atomic E-state index is 0.0880. The van der Waals surface area contributed by atoms with E-state index in [0.29, 0.717) is 6.10 Å². The van der Waals surface area contributed by atoms with Crippen LogP contribution < -0.4 is 0 Å². The van der Waals surface area contributed by atoms with Gasteiger partial charge in [-0.2, -0.15) is 0 Å². The van der Waals surface area contributed by atoms with Crippen molar-refractivity contribution in [2.75, 3.05) is 5.33 Å². The zero-order chi connectivity index (χ0) is 6.32. The first kappa shape index (κ1) is 5.93. The molecule has 2 aliphatic rings. The fourth-order valence-corrected chi connectivity index (χ4v) is 2.09. The lowest BCUT2D eigenvalue weighted by Crippen LogP contribution is -2.24. The number of halogens is 1. The van der Waals surface area contributed by atoms with Crippen molar-refractivity contribution in [1.29, 1.82) is 0 Å². The highest BCUT2D eigenvalue weighted by molar-refractivity contribution is 9.09. The van der Waals surface area contributed by atoms with Crippen molar-refractivity contribution < 1.29 is 4.74 Å². The molecule has 1 nitrogen and oxygen atoms in total. The van der Waals surface area contributed by atoms with E-state index in [2.05, 4.69) is 28.1 Å². The maximum Gasteiger partial charge on any atom is 0.0968 e. The lowest BCUT2D eigenvalue weighted by Gasteiger charge is -2.17. The van der Waals surface area contributed by atoms with Crippen LogP contribution in [0.15, 0.2) is 12.2 Å². The van der Waals surface area contributed by atoms with Crippen molar-refractivity contribution >= 4 is 15.9 Å². The number of fused-ring (bicyclic) bond motifs is 2. The Morgan fingerprint density at radius 3 is 2.89 bits per heavy atom. The van der Waals surface area contributed by atoms with Crippen LogP contribution in [0, 0.1) is 0 Å². The molecule has 2 heteroatoms. The molecular weight excluding hydrogens is 180 g/mol. The van der Waals surface area contributed by atoms with Crippen LogP contribution in [0.3, 0.4) is 0 Å². The van der Waals surface area contributed by atoms with Crippen LogP contribution in [-0.2, 0) is 4.74 Å². The Bertz CT molecular complexity index is 155. The third kappa shape index (κ3) is 0.767. The molecule has 50 valence electrons. The van der Waals surface area contributed by atoms with Crippen LogP contribution in [0.5, 0.6) is 0 Å². The number of ether oxygens (including phenoxy) is 1. The van der Waals surface area contributed by atoms with Gasteiger partial charge < -0.3 is 4.74 Å². The van der Waals surface area contributed by atoms with Crippen molar-refractivity contribution in [3.05, 3.63) is 12.2 Å². The molecule has 0 aromatic heterocycles. The predicted octanol–water partition coefficient (Wildman–Crippen LogP) is 1.87. The molecule has 1 saturated heterocycles. The van der Waals surface area contributed by atoms with E-state index in [4.69, 9.17) is 4.74 Å². The first-order valence-electron chi connectivity index (χ1n) is 3.28. The van der Waals surface area contributed by atoms with E-state index in [1.165, 1.54) is 12.8 Å². The summed E-state index contributed by atoms with van der Waals surface area (Å²) in [6, 6.07) is 0. The van der Waals surface area contributed by atoms with Crippen LogP contribution >= 0.6 is 15.9 Å². The predicted molar refractivity (Wildman–Crippen MR) is 39.8 cm³/mol.